The molecular formula is C26H53NO6PS+. The Bertz CT molecular complexity index is 487. The molecule has 0 radical (unpaired) electrons. The number of carboxylic acid groups (broad SMARTS) is 1. The summed E-state index contributed by atoms with van der Waals surface area (Å²) >= 11 is 5.22. The monoisotopic (exact) mass is 538 g/mol. The highest BCUT2D eigenvalue weighted by molar-refractivity contribution is 8.02. The van der Waals surface area contributed by atoms with Crippen molar-refractivity contribution in [1.29, 1.82) is 0 Å². The summed E-state index contributed by atoms with van der Waals surface area (Å²) in [6.07, 6.45) is 19.9. The summed E-state index contributed by atoms with van der Waals surface area (Å²) in [5.74, 6) is -0.784. The Balaban J connectivity index is 3.73. The Morgan fingerprint density at radius 3 is 1.91 bits per heavy atom. The number of aliphatic carboxylic acids is 1. The molecule has 0 aromatic rings. The summed E-state index contributed by atoms with van der Waals surface area (Å²) in [5, 5.41) is 20.5. The Labute approximate surface area is 220 Å². The molecule has 0 spiro atoms. The Hall–Kier alpha value is -0.210. The highest BCUT2D eigenvalue weighted by atomic mass is 32.4. The fourth-order valence-corrected chi connectivity index (χ4v) is 4.86. The van der Waals surface area contributed by atoms with Gasteiger partial charge in [0.25, 0.3) is 0 Å². The number of ether oxygens (including phenoxy) is 2. The molecule has 0 saturated heterocycles. The lowest BCUT2D eigenvalue weighted by Crippen LogP contribution is -2.26. The van der Waals surface area contributed by atoms with E-state index in [0.717, 1.165) is 6.42 Å². The maximum Gasteiger partial charge on any atom is 0.439 e. The largest absolute Gasteiger partial charge is 0.481 e. The lowest BCUT2D eigenvalue weighted by Gasteiger charge is -2.16. The van der Waals surface area contributed by atoms with Gasteiger partial charge in [-0.1, -0.05) is 90.4 Å². The van der Waals surface area contributed by atoms with Gasteiger partial charge in [-0.25, -0.2) is 0 Å². The predicted octanol–water partition coefficient (Wildman–Crippen LogP) is 6.50. The smallest absolute Gasteiger partial charge is 0.439 e. The van der Waals surface area contributed by atoms with E-state index in [0.29, 0.717) is 45.8 Å². The van der Waals surface area contributed by atoms with Gasteiger partial charge in [-0.3, -0.25) is 4.79 Å². The zero-order valence-electron chi connectivity index (χ0n) is 22.2. The third kappa shape index (κ3) is 28.2. The molecule has 0 aliphatic carbocycles. The van der Waals surface area contributed by atoms with Crippen LogP contribution < -0.4 is 5.09 Å². The number of rotatable bonds is 29. The van der Waals surface area contributed by atoms with Crippen LogP contribution in [-0.4, -0.2) is 61.9 Å². The SMILES string of the molecule is CCCCCCCCCCCCCCCCOC[C@H](CO[P+](=S)NCCO)OCCCCC(=O)O. The van der Waals surface area contributed by atoms with Crippen molar-refractivity contribution in [3.05, 3.63) is 0 Å². The maximum atomic E-state index is 10.6. The Morgan fingerprint density at radius 2 is 1.37 bits per heavy atom. The first-order valence-corrected chi connectivity index (χ1v) is 16.2. The van der Waals surface area contributed by atoms with Crippen molar-refractivity contribution >= 4 is 24.9 Å². The predicted molar refractivity (Wildman–Crippen MR) is 148 cm³/mol. The number of hydrogen-bond donors (Lipinski definition) is 3. The highest BCUT2D eigenvalue weighted by Crippen LogP contribution is 2.17. The van der Waals surface area contributed by atoms with Crippen LogP contribution in [0, 0.1) is 0 Å². The zero-order chi connectivity index (χ0) is 25.8. The minimum absolute atomic E-state index is 0.0185. The van der Waals surface area contributed by atoms with E-state index in [-0.39, 0.29) is 19.1 Å². The van der Waals surface area contributed by atoms with Crippen LogP contribution in [0.25, 0.3) is 0 Å². The standard InChI is InChI=1S/C26H52NO6PS/c1-2-3-4-5-6-7-8-9-10-11-12-13-14-16-21-31-23-25(24-33-34(35)27-19-20-28)32-22-17-15-18-26(29)30/h25,28H,2-24H2,1H3,(H-,27,29,30,35)/p+1/t25-/m1/s1. The molecule has 208 valence electrons. The molecule has 0 bridgehead atoms. The summed E-state index contributed by atoms with van der Waals surface area (Å²) in [5.41, 5.74) is 0. The first kappa shape index (κ1) is 34.8. The van der Waals surface area contributed by atoms with Crippen molar-refractivity contribution in [1.82, 2.24) is 5.09 Å². The second kappa shape index (κ2) is 28.4. The molecule has 0 amide bonds. The van der Waals surface area contributed by atoms with E-state index in [1.807, 2.05) is 0 Å². The highest BCUT2D eigenvalue weighted by Gasteiger charge is 2.18. The van der Waals surface area contributed by atoms with E-state index in [2.05, 4.69) is 12.0 Å². The van der Waals surface area contributed by atoms with Crippen molar-refractivity contribution in [2.24, 2.45) is 0 Å². The van der Waals surface area contributed by atoms with Crippen LogP contribution >= 0.6 is 7.07 Å². The van der Waals surface area contributed by atoms with E-state index < -0.39 is 13.0 Å². The van der Waals surface area contributed by atoms with Crippen LogP contribution in [0.3, 0.4) is 0 Å². The summed E-state index contributed by atoms with van der Waals surface area (Å²) in [6.45, 7) is 4.65. The van der Waals surface area contributed by atoms with Gasteiger partial charge in [0.05, 0.1) is 19.8 Å². The molecule has 1 unspecified atom stereocenters. The number of aliphatic hydroxyl groups is 1. The Morgan fingerprint density at radius 1 is 0.829 bits per heavy atom. The average Bonchev–Trinajstić information content (AvgIpc) is 2.84. The fourth-order valence-electron chi connectivity index (χ4n) is 3.72. The quantitative estimate of drug-likeness (QED) is 0.0734. The first-order valence-electron chi connectivity index (χ1n) is 14.0. The molecule has 7 nitrogen and oxygen atoms in total. The second-order valence-electron chi connectivity index (χ2n) is 9.20. The third-order valence-corrected chi connectivity index (χ3v) is 7.38. The van der Waals surface area contributed by atoms with Gasteiger partial charge in [0.2, 0.25) is 11.8 Å². The van der Waals surface area contributed by atoms with Gasteiger partial charge in [0, 0.05) is 19.6 Å². The number of unbranched alkanes of at least 4 members (excludes halogenated alkanes) is 14. The van der Waals surface area contributed by atoms with Crippen LogP contribution in [0.15, 0.2) is 0 Å². The van der Waals surface area contributed by atoms with Gasteiger partial charge >= 0.3 is 13.0 Å². The molecule has 0 aromatic heterocycles. The van der Waals surface area contributed by atoms with Crippen LogP contribution in [-0.2, 0) is 30.6 Å². The number of aliphatic hydroxyl groups excluding tert-OH is 1. The van der Waals surface area contributed by atoms with E-state index in [1.165, 1.54) is 83.5 Å². The van der Waals surface area contributed by atoms with E-state index in [1.54, 1.807) is 0 Å². The first-order chi connectivity index (χ1) is 17.1. The summed E-state index contributed by atoms with van der Waals surface area (Å²) in [4.78, 5) is 10.6. The molecule has 3 N–H and O–H groups in total. The molecule has 0 rings (SSSR count). The van der Waals surface area contributed by atoms with Crippen molar-refractivity contribution < 1.29 is 29.0 Å². The van der Waals surface area contributed by atoms with Gasteiger partial charge in [0.15, 0.2) is 0 Å². The molecule has 9 heteroatoms. The number of hydrogen-bond acceptors (Lipinski definition) is 6. The van der Waals surface area contributed by atoms with Crippen LogP contribution in [0.2, 0.25) is 0 Å². The number of nitrogens with one attached hydrogen (secondary N) is 1. The molecular weight excluding hydrogens is 485 g/mol. The molecule has 0 saturated carbocycles. The third-order valence-electron chi connectivity index (χ3n) is 5.81. The minimum Gasteiger partial charge on any atom is -0.481 e. The molecule has 0 fully saturated rings. The number of carbonyl (C=O) groups is 1. The van der Waals surface area contributed by atoms with Gasteiger partial charge in [-0.2, -0.15) is 0 Å². The van der Waals surface area contributed by atoms with Gasteiger partial charge < -0.3 is 19.7 Å². The van der Waals surface area contributed by atoms with Gasteiger partial charge in [-0.15, -0.1) is 9.61 Å². The van der Waals surface area contributed by atoms with E-state index in [9.17, 15) is 4.79 Å². The number of carboxylic acids is 1. The van der Waals surface area contributed by atoms with E-state index in [4.69, 9.17) is 36.0 Å². The summed E-state index contributed by atoms with van der Waals surface area (Å²) < 4.78 is 17.3. The normalized spacial score (nSPS) is 12.7. The van der Waals surface area contributed by atoms with Gasteiger partial charge in [0.1, 0.15) is 12.7 Å². The molecule has 0 heterocycles. The Kier molecular flexibility index (Phi) is 28.2. The molecule has 35 heavy (non-hydrogen) atoms. The molecule has 0 aliphatic rings. The zero-order valence-corrected chi connectivity index (χ0v) is 23.9. The topological polar surface area (TPSA) is 97.3 Å². The maximum absolute atomic E-state index is 10.6. The van der Waals surface area contributed by atoms with Crippen molar-refractivity contribution in [3.8, 4) is 0 Å². The van der Waals surface area contributed by atoms with Crippen LogP contribution in [0.5, 0.6) is 0 Å². The lowest BCUT2D eigenvalue weighted by molar-refractivity contribution is -0.137. The average molecular weight is 539 g/mol. The molecule has 0 aliphatic heterocycles. The van der Waals surface area contributed by atoms with Crippen LogP contribution in [0.4, 0.5) is 0 Å². The van der Waals surface area contributed by atoms with Crippen molar-refractivity contribution in [3.63, 3.8) is 0 Å². The minimum atomic E-state index is -1.23. The molecule has 2 atom stereocenters. The van der Waals surface area contributed by atoms with E-state index >= 15 is 0 Å². The van der Waals surface area contributed by atoms with Crippen LogP contribution in [0.1, 0.15) is 116 Å². The lowest BCUT2D eigenvalue weighted by atomic mass is 10.0. The van der Waals surface area contributed by atoms with Crippen molar-refractivity contribution in [2.45, 2.75) is 122 Å². The fraction of sp³-hybridized carbons (Fsp3) is 0.962. The van der Waals surface area contributed by atoms with Crippen molar-refractivity contribution in [2.75, 3.05) is 39.6 Å². The second-order valence-corrected chi connectivity index (χ2v) is 11.3. The summed E-state index contributed by atoms with van der Waals surface area (Å²) in [7, 11) is -1.23. The van der Waals surface area contributed by atoms with Gasteiger partial charge in [-0.05, 0) is 19.3 Å². The summed E-state index contributed by atoms with van der Waals surface area (Å²) in [6, 6.07) is 0. The molecule has 0 aromatic carbocycles.